The maximum Gasteiger partial charge on any atom is 0.302 e. The molecule has 1 heterocycles. The van der Waals surface area contributed by atoms with E-state index in [0.717, 1.165) is 5.75 Å². The first-order valence-electron chi connectivity index (χ1n) is 6.52. The summed E-state index contributed by atoms with van der Waals surface area (Å²) in [5.41, 5.74) is 0. The van der Waals surface area contributed by atoms with Gasteiger partial charge in [-0.1, -0.05) is 6.92 Å². The van der Waals surface area contributed by atoms with Crippen LogP contribution in [0.5, 0.6) is 0 Å². The number of hydrogen-bond donors (Lipinski definition) is 0. The monoisotopic (exact) mass is 290 g/mol. The van der Waals surface area contributed by atoms with Crippen LogP contribution in [-0.2, 0) is 23.8 Å². The van der Waals surface area contributed by atoms with E-state index >= 15 is 0 Å². The van der Waals surface area contributed by atoms with Crippen molar-refractivity contribution in [3.05, 3.63) is 0 Å². The second kappa shape index (κ2) is 7.87. The Morgan fingerprint density at radius 3 is 2.74 bits per heavy atom. The molecule has 5 nitrogen and oxygen atoms in total. The molecule has 0 bridgehead atoms. The van der Waals surface area contributed by atoms with E-state index in [0.29, 0.717) is 6.42 Å². The van der Waals surface area contributed by atoms with Crippen LogP contribution in [0.15, 0.2) is 0 Å². The Labute approximate surface area is 118 Å². The molecule has 0 N–H and O–H groups in total. The molecule has 0 spiro atoms. The van der Waals surface area contributed by atoms with Crippen molar-refractivity contribution in [2.24, 2.45) is 0 Å². The summed E-state index contributed by atoms with van der Waals surface area (Å²) in [6.07, 6.45) is -0.828. The van der Waals surface area contributed by atoms with E-state index in [1.807, 2.05) is 20.8 Å². The van der Waals surface area contributed by atoms with E-state index in [9.17, 15) is 9.59 Å². The lowest BCUT2D eigenvalue weighted by Gasteiger charge is -2.35. The number of hydrogen-bond acceptors (Lipinski definition) is 6. The molecule has 0 radical (unpaired) electrons. The van der Waals surface area contributed by atoms with Gasteiger partial charge >= 0.3 is 5.97 Å². The summed E-state index contributed by atoms with van der Waals surface area (Å²) in [5.74, 6) is 0.494. The topological polar surface area (TPSA) is 61.8 Å². The van der Waals surface area contributed by atoms with Crippen molar-refractivity contribution in [2.45, 2.75) is 57.9 Å². The van der Waals surface area contributed by atoms with Gasteiger partial charge in [0.25, 0.3) is 0 Å². The summed E-state index contributed by atoms with van der Waals surface area (Å²) in [6, 6.07) is 0. The van der Waals surface area contributed by atoms with Gasteiger partial charge in [-0.05, 0) is 19.6 Å². The first-order chi connectivity index (χ1) is 8.93. The van der Waals surface area contributed by atoms with Crippen molar-refractivity contribution in [3.8, 4) is 0 Å². The SMILES string of the molecule is CCS[C@@H]1CC(=O)[C@@H](OC(C)C)O[C@@H]1COC(C)=O. The molecule has 1 aliphatic heterocycles. The number of ketones is 1. The third-order valence-electron chi connectivity index (χ3n) is 2.61. The second-order valence-corrected chi connectivity index (χ2v) is 6.17. The molecule has 0 aromatic carbocycles. The van der Waals surface area contributed by atoms with Gasteiger partial charge in [-0.15, -0.1) is 0 Å². The van der Waals surface area contributed by atoms with Gasteiger partial charge in [0.15, 0.2) is 5.78 Å². The predicted octanol–water partition coefficient (Wildman–Crippen LogP) is 1.78. The van der Waals surface area contributed by atoms with Crippen molar-refractivity contribution >= 4 is 23.5 Å². The number of carbonyl (C=O) groups excluding carboxylic acids is 2. The first-order valence-corrected chi connectivity index (χ1v) is 7.57. The molecule has 0 aromatic rings. The molecule has 1 aliphatic rings. The van der Waals surface area contributed by atoms with Crippen LogP contribution >= 0.6 is 11.8 Å². The smallest absolute Gasteiger partial charge is 0.302 e. The number of esters is 1. The Bertz CT molecular complexity index is 318. The lowest BCUT2D eigenvalue weighted by atomic mass is 10.1. The number of thioether (sulfide) groups is 1. The predicted molar refractivity (Wildman–Crippen MR) is 73.1 cm³/mol. The van der Waals surface area contributed by atoms with Gasteiger partial charge in [0.05, 0.1) is 6.10 Å². The highest BCUT2D eigenvalue weighted by Gasteiger charge is 2.38. The molecule has 1 saturated heterocycles. The summed E-state index contributed by atoms with van der Waals surface area (Å²) in [4.78, 5) is 22.8. The van der Waals surface area contributed by atoms with Gasteiger partial charge in [0, 0.05) is 18.6 Å². The molecular formula is C13H22O5S. The lowest BCUT2D eigenvalue weighted by Crippen LogP contribution is -2.47. The van der Waals surface area contributed by atoms with E-state index in [2.05, 4.69) is 0 Å². The van der Waals surface area contributed by atoms with Crippen molar-refractivity contribution < 1.29 is 23.8 Å². The van der Waals surface area contributed by atoms with Crippen molar-refractivity contribution in [1.29, 1.82) is 0 Å². The van der Waals surface area contributed by atoms with Gasteiger partial charge < -0.3 is 14.2 Å². The minimum Gasteiger partial charge on any atom is -0.463 e. The Balaban J connectivity index is 2.64. The van der Waals surface area contributed by atoms with Crippen molar-refractivity contribution in [1.82, 2.24) is 0 Å². The van der Waals surface area contributed by atoms with Crippen LogP contribution in [0.4, 0.5) is 0 Å². The number of ether oxygens (including phenoxy) is 3. The highest BCUT2D eigenvalue weighted by molar-refractivity contribution is 7.99. The van der Waals surface area contributed by atoms with E-state index in [-0.39, 0.29) is 35.8 Å². The van der Waals surface area contributed by atoms with E-state index < -0.39 is 6.29 Å². The van der Waals surface area contributed by atoms with Crippen LogP contribution in [0.3, 0.4) is 0 Å². The Morgan fingerprint density at radius 1 is 1.53 bits per heavy atom. The first kappa shape index (κ1) is 16.5. The summed E-state index contributed by atoms with van der Waals surface area (Å²) in [6.45, 7) is 7.25. The molecule has 0 saturated carbocycles. The largest absolute Gasteiger partial charge is 0.463 e. The van der Waals surface area contributed by atoms with Gasteiger partial charge in [0.1, 0.15) is 12.7 Å². The molecule has 6 heteroatoms. The fraction of sp³-hybridized carbons (Fsp3) is 0.846. The molecule has 1 rings (SSSR count). The van der Waals surface area contributed by atoms with Crippen molar-refractivity contribution in [3.63, 3.8) is 0 Å². The summed E-state index contributed by atoms with van der Waals surface area (Å²) >= 11 is 1.64. The van der Waals surface area contributed by atoms with Gasteiger partial charge in [-0.25, -0.2) is 0 Å². The van der Waals surface area contributed by atoms with Gasteiger partial charge in [-0.2, -0.15) is 11.8 Å². The standard InChI is InChI=1S/C13H22O5S/c1-5-19-12-6-10(15)13(17-8(2)3)18-11(12)7-16-9(4)14/h8,11-13H,5-7H2,1-4H3/t11-,12-,13+/m1/s1. The zero-order valence-electron chi connectivity index (χ0n) is 11.9. The maximum atomic E-state index is 11.9. The molecule has 0 amide bonds. The van der Waals surface area contributed by atoms with Crippen LogP contribution in [0.1, 0.15) is 34.1 Å². The van der Waals surface area contributed by atoms with Crippen LogP contribution in [0.2, 0.25) is 0 Å². The Hall–Kier alpha value is -0.590. The molecule has 0 unspecified atom stereocenters. The average Bonchev–Trinajstić information content (AvgIpc) is 2.30. The Kier molecular flexibility index (Phi) is 6.82. The molecule has 110 valence electrons. The zero-order chi connectivity index (χ0) is 14.4. The summed E-state index contributed by atoms with van der Waals surface area (Å²) < 4.78 is 16.1. The van der Waals surface area contributed by atoms with Crippen LogP contribution in [-0.4, -0.2) is 47.9 Å². The highest BCUT2D eigenvalue weighted by Crippen LogP contribution is 2.28. The number of carbonyl (C=O) groups is 2. The molecule has 19 heavy (non-hydrogen) atoms. The van der Waals surface area contributed by atoms with Crippen molar-refractivity contribution in [2.75, 3.05) is 12.4 Å². The molecular weight excluding hydrogens is 268 g/mol. The highest BCUT2D eigenvalue weighted by atomic mass is 32.2. The molecule has 3 atom stereocenters. The summed E-state index contributed by atoms with van der Waals surface area (Å²) in [5, 5.41) is 0.0175. The quantitative estimate of drug-likeness (QED) is 0.695. The maximum absolute atomic E-state index is 11.9. The summed E-state index contributed by atoms with van der Waals surface area (Å²) in [7, 11) is 0. The third-order valence-corrected chi connectivity index (χ3v) is 3.84. The molecule has 1 fully saturated rings. The van der Waals surface area contributed by atoms with E-state index in [1.165, 1.54) is 6.92 Å². The fourth-order valence-corrected chi connectivity index (χ4v) is 2.90. The fourth-order valence-electron chi connectivity index (χ4n) is 1.83. The van der Waals surface area contributed by atoms with Gasteiger partial charge in [0.2, 0.25) is 6.29 Å². The number of Topliss-reactive ketones (excluding diaryl/α,β-unsaturated/α-hetero) is 1. The van der Waals surface area contributed by atoms with Crippen LogP contribution in [0.25, 0.3) is 0 Å². The second-order valence-electron chi connectivity index (χ2n) is 4.66. The molecule has 0 aromatic heterocycles. The van der Waals surface area contributed by atoms with E-state index in [1.54, 1.807) is 11.8 Å². The van der Waals surface area contributed by atoms with Crippen LogP contribution in [0, 0.1) is 0 Å². The third kappa shape index (κ3) is 5.50. The Morgan fingerprint density at radius 2 is 2.21 bits per heavy atom. The normalized spacial score (nSPS) is 27.6. The lowest BCUT2D eigenvalue weighted by molar-refractivity contribution is -0.211. The zero-order valence-corrected chi connectivity index (χ0v) is 12.7. The molecule has 0 aliphatic carbocycles. The minimum atomic E-state index is -0.839. The van der Waals surface area contributed by atoms with Crippen LogP contribution < -0.4 is 0 Å². The average molecular weight is 290 g/mol. The van der Waals surface area contributed by atoms with Gasteiger partial charge in [-0.3, -0.25) is 9.59 Å². The minimum absolute atomic E-state index is 0.0175. The number of rotatable bonds is 6. The van der Waals surface area contributed by atoms with E-state index in [4.69, 9.17) is 14.2 Å².